The Morgan fingerprint density at radius 1 is 0.935 bits per heavy atom. The Kier molecular flexibility index (Phi) is 7.61. The zero-order valence-corrected chi connectivity index (χ0v) is 17.1. The van der Waals surface area contributed by atoms with Gasteiger partial charge in [0.2, 0.25) is 0 Å². The van der Waals surface area contributed by atoms with Crippen molar-refractivity contribution in [3.63, 3.8) is 0 Å². The average Bonchev–Trinajstić information content (AvgIpc) is 2.78. The number of halogens is 1. The SMILES string of the molecule is O=C(COc1ccccc1Cl)N/N=C\c1ccccc1OCc1ccc(C(=O)O)cc1. The van der Waals surface area contributed by atoms with Crippen molar-refractivity contribution in [2.75, 3.05) is 6.61 Å². The maximum absolute atomic E-state index is 11.9. The van der Waals surface area contributed by atoms with Gasteiger partial charge in [-0.05, 0) is 42.0 Å². The Morgan fingerprint density at radius 2 is 1.61 bits per heavy atom. The van der Waals surface area contributed by atoms with E-state index in [1.165, 1.54) is 18.3 Å². The molecule has 0 unspecified atom stereocenters. The van der Waals surface area contributed by atoms with Gasteiger partial charge in [0.05, 0.1) is 16.8 Å². The highest BCUT2D eigenvalue weighted by Gasteiger charge is 2.06. The van der Waals surface area contributed by atoms with Gasteiger partial charge in [0.15, 0.2) is 6.61 Å². The second-order valence-corrected chi connectivity index (χ2v) is 6.75. The number of rotatable bonds is 9. The summed E-state index contributed by atoms with van der Waals surface area (Å²) in [4.78, 5) is 22.8. The third kappa shape index (κ3) is 6.58. The van der Waals surface area contributed by atoms with E-state index in [1.807, 2.05) is 12.1 Å². The summed E-state index contributed by atoms with van der Waals surface area (Å²) in [7, 11) is 0. The Morgan fingerprint density at radius 3 is 2.32 bits per heavy atom. The number of hydrogen-bond acceptors (Lipinski definition) is 5. The quantitative estimate of drug-likeness (QED) is 0.386. The van der Waals surface area contributed by atoms with E-state index < -0.39 is 11.9 Å². The number of nitrogens with one attached hydrogen (secondary N) is 1. The molecule has 0 heterocycles. The van der Waals surface area contributed by atoms with E-state index in [-0.39, 0.29) is 18.8 Å². The van der Waals surface area contributed by atoms with Gasteiger partial charge in [-0.3, -0.25) is 4.79 Å². The van der Waals surface area contributed by atoms with Crippen molar-refractivity contribution in [1.29, 1.82) is 0 Å². The molecule has 3 rings (SSSR count). The Labute approximate surface area is 183 Å². The highest BCUT2D eigenvalue weighted by molar-refractivity contribution is 6.32. The fraction of sp³-hybridized carbons (Fsp3) is 0.0870. The molecule has 0 aromatic heterocycles. The molecule has 31 heavy (non-hydrogen) atoms. The number of nitrogens with zero attached hydrogens (tertiary/aromatic N) is 1. The highest BCUT2D eigenvalue weighted by atomic mass is 35.5. The second-order valence-electron chi connectivity index (χ2n) is 6.34. The summed E-state index contributed by atoms with van der Waals surface area (Å²) < 4.78 is 11.2. The molecule has 3 aromatic rings. The number of amides is 1. The van der Waals surface area contributed by atoms with Crippen molar-refractivity contribution in [3.8, 4) is 11.5 Å². The first-order valence-electron chi connectivity index (χ1n) is 9.26. The van der Waals surface area contributed by atoms with E-state index in [4.69, 9.17) is 26.2 Å². The molecule has 0 aliphatic carbocycles. The Hall–Kier alpha value is -3.84. The van der Waals surface area contributed by atoms with E-state index in [2.05, 4.69) is 10.5 Å². The van der Waals surface area contributed by atoms with Crippen LogP contribution in [0.2, 0.25) is 5.02 Å². The molecule has 0 aliphatic rings. The van der Waals surface area contributed by atoms with Crippen molar-refractivity contribution in [2.45, 2.75) is 6.61 Å². The lowest BCUT2D eigenvalue weighted by atomic mass is 10.1. The number of carboxylic acid groups (broad SMARTS) is 1. The molecule has 0 saturated heterocycles. The first-order chi connectivity index (χ1) is 15.0. The molecule has 0 spiro atoms. The van der Waals surface area contributed by atoms with Crippen LogP contribution in [-0.4, -0.2) is 29.8 Å². The van der Waals surface area contributed by atoms with Gasteiger partial charge in [-0.1, -0.05) is 48.0 Å². The maximum Gasteiger partial charge on any atom is 0.335 e. The predicted molar refractivity (Wildman–Crippen MR) is 117 cm³/mol. The van der Waals surface area contributed by atoms with Gasteiger partial charge < -0.3 is 14.6 Å². The number of carboxylic acids is 1. The molecule has 2 N–H and O–H groups in total. The smallest absolute Gasteiger partial charge is 0.335 e. The van der Waals surface area contributed by atoms with Gasteiger partial charge in [-0.2, -0.15) is 5.10 Å². The van der Waals surface area contributed by atoms with Crippen LogP contribution in [0.25, 0.3) is 0 Å². The summed E-state index contributed by atoms with van der Waals surface area (Å²) in [5.41, 5.74) is 4.09. The van der Waals surface area contributed by atoms with Crippen LogP contribution in [0.1, 0.15) is 21.5 Å². The minimum Gasteiger partial charge on any atom is -0.488 e. The number of hydrogen-bond donors (Lipinski definition) is 2. The molecule has 0 fully saturated rings. The molecular formula is C23H19ClN2O5. The number of carbonyl (C=O) groups excluding carboxylic acids is 1. The fourth-order valence-corrected chi connectivity index (χ4v) is 2.72. The number of carbonyl (C=O) groups is 2. The van der Waals surface area contributed by atoms with Crippen molar-refractivity contribution in [1.82, 2.24) is 5.43 Å². The van der Waals surface area contributed by atoms with Gasteiger partial charge in [0, 0.05) is 5.56 Å². The number of para-hydroxylation sites is 2. The monoisotopic (exact) mass is 438 g/mol. The van der Waals surface area contributed by atoms with Crippen LogP contribution in [0.5, 0.6) is 11.5 Å². The first kappa shape index (κ1) is 21.9. The van der Waals surface area contributed by atoms with Crippen LogP contribution < -0.4 is 14.9 Å². The molecule has 158 valence electrons. The standard InChI is InChI=1S/C23H19ClN2O5/c24-19-6-2-4-8-21(19)31-15-22(27)26-25-13-18-5-1-3-7-20(18)30-14-16-9-11-17(12-10-16)23(28)29/h1-13H,14-15H2,(H,26,27)(H,28,29)/b25-13-. The van der Waals surface area contributed by atoms with Crippen molar-refractivity contribution >= 4 is 29.7 Å². The van der Waals surface area contributed by atoms with Gasteiger partial charge >= 0.3 is 5.97 Å². The average molecular weight is 439 g/mol. The van der Waals surface area contributed by atoms with Gasteiger partial charge in [0.1, 0.15) is 18.1 Å². The van der Waals surface area contributed by atoms with E-state index in [9.17, 15) is 9.59 Å². The lowest BCUT2D eigenvalue weighted by Crippen LogP contribution is -2.24. The molecule has 0 aliphatic heterocycles. The van der Waals surface area contributed by atoms with Crippen LogP contribution in [0.15, 0.2) is 77.9 Å². The summed E-state index contributed by atoms with van der Waals surface area (Å²) in [5, 5.41) is 13.3. The van der Waals surface area contributed by atoms with Crippen LogP contribution >= 0.6 is 11.6 Å². The summed E-state index contributed by atoms with van der Waals surface area (Å²) in [6, 6.07) is 20.5. The molecule has 3 aromatic carbocycles. The molecule has 0 atom stereocenters. The van der Waals surface area contributed by atoms with Crippen LogP contribution in [0, 0.1) is 0 Å². The minimum absolute atomic E-state index is 0.213. The van der Waals surface area contributed by atoms with Gasteiger partial charge in [-0.25, -0.2) is 10.2 Å². The predicted octanol–water partition coefficient (Wildman–Crippen LogP) is 4.15. The first-order valence-corrected chi connectivity index (χ1v) is 9.64. The third-order valence-corrected chi connectivity index (χ3v) is 4.41. The summed E-state index contributed by atoms with van der Waals surface area (Å²) in [6.07, 6.45) is 1.47. The zero-order chi connectivity index (χ0) is 22.1. The maximum atomic E-state index is 11.9. The number of ether oxygens (including phenoxy) is 2. The van der Waals surface area contributed by atoms with Crippen LogP contribution in [0.3, 0.4) is 0 Å². The van der Waals surface area contributed by atoms with E-state index in [0.29, 0.717) is 22.1 Å². The normalized spacial score (nSPS) is 10.6. The summed E-state index contributed by atoms with van der Waals surface area (Å²) in [5.74, 6) is -0.435. The Bertz CT molecular complexity index is 1080. The van der Waals surface area contributed by atoms with Crippen molar-refractivity contribution in [2.24, 2.45) is 5.10 Å². The molecule has 0 radical (unpaired) electrons. The van der Waals surface area contributed by atoms with E-state index in [0.717, 1.165) is 5.56 Å². The number of aromatic carboxylic acids is 1. The van der Waals surface area contributed by atoms with E-state index in [1.54, 1.807) is 48.5 Å². The van der Waals surface area contributed by atoms with Crippen LogP contribution in [-0.2, 0) is 11.4 Å². The number of benzene rings is 3. The lowest BCUT2D eigenvalue weighted by Gasteiger charge is -2.09. The second kappa shape index (κ2) is 10.8. The van der Waals surface area contributed by atoms with Crippen molar-refractivity contribution in [3.05, 3.63) is 94.5 Å². The largest absolute Gasteiger partial charge is 0.488 e. The van der Waals surface area contributed by atoms with Crippen molar-refractivity contribution < 1.29 is 24.2 Å². The summed E-state index contributed by atoms with van der Waals surface area (Å²) >= 11 is 5.98. The zero-order valence-electron chi connectivity index (χ0n) is 16.3. The lowest BCUT2D eigenvalue weighted by molar-refractivity contribution is -0.123. The van der Waals surface area contributed by atoms with Gasteiger partial charge in [-0.15, -0.1) is 0 Å². The molecule has 0 saturated carbocycles. The minimum atomic E-state index is -0.978. The highest BCUT2D eigenvalue weighted by Crippen LogP contribution is 2.22. The molecular weight excluding hydrogens is 420 g/mol. The molecule has 7 nitrogen and oxygen atoms in total. The van der Waals surface area contributed by atoms with Crippen LogP contribution in [0.4, 0.5) is 0 Å². The van der Waals surface area contributed by atoms with E-state index >= 15 is 0 Å². The Balaban J connectivity index is 1.53. The molecule has 8 heteroatoms. The third-order valence-electron chi connectivity index (χ3n) is 4.10. The fourth-order valence-electron chi connectivity index (χ4n) is 2.53. The topological polar surface area (TPSA) is 97.2 Å². The molecule has 0 bridgehead atoms. The summed E-state index contributed by atoms with van der Waals surface area (Å²) in [6.45, 7) is 0.0222. The molecule has 1 amide bonds. The van der Waals surface area contributed by atoms with Gasteiger partial charge in [0.25, 0.3) is 5.91 Å². The number of hydrazone groups is 1.